The third kappa shape index (κ3) is 4.56. The highest BCUT2D eigenvalue weighted by atomic mass is 16.6. The van der Waals surface area contributed by atoms with Crippen LogP contribution in [-0.4, -0.2) is 68.7 Å². The predicted molar refractivity (Wildman–Crippen MR) is 120 cm³/mol. The minimum absolute atomic E-state index is 0.334. The fraction of sp³-hybridized carbons (Fsp3) is 0.318. The first kappa shape index (κ1) is 22.1. The van der Waals surface area contributed by atoms with Crippen LogP contribution in [0.15, 0.2) is 59.6 Å². The maximum Gasteiger partial charge on any atom is 0.415 e. The molecule has 3 heterocycles. The maximum atomic E-state index is 12.5. The number of cyclic esters (lactones) is 2. The third-order valence-electron chi connectivity index (χ3n) is 5.27. The van der Waals surface area contributed by atoms with Crippen LogP contribution in [0.1, 0.15) is 0 Å². The molecule has 4 rings (SSSR count). The molecule has 0 N–H and O–H groups in total. The smallest absolute Gasteiger partial charge is 0.415 e. The van der Waals surface area contributed by atoms with Crippen molar-refractivity contribution in [2.45, 2.75) is 6.10 Å². The number of hydrogen-bond donors (Lipinski definition) is 0. The van der Waals surface area contributed by atoms with Crippen LogP contribution in [0.25, 0.3) is 11.1 Å². The highest BCUT2D eigenvalue weighted by Crippen LogP contribution is 2.35. The van der Waals surface area contributed by atoms with Gasteiger partial charge in [0.05, 0.1) is 39.5 Å². The predicted octanol–water partition coefficient (Wildman–Crippen LogP) is 3.48. The fourth-order valence-corrected chi connectivity index (χ4v) is 3.68. The summed E-state index contributed by atoms with van der Waals surface area (Å²) in [6.45, 7) is 5.19. The fourth-order valence-electron chi connectivity index (χ4n) is 3.68. The molecule has 0 spiro atoms. The molecule has 33 heavy (non-hydrogen) atoms. The Morgan fingerprint density at radius 3 is 2.70 bits per heavy atom. The number of amides is 2. The SMILES string of the molecule is C=CN(C[C@H]1CN(c2ccc(-c3ccc(N4CCOC4=O)nc3)cc2OC)C(=O)O1)N=NC. The summed E-state index contributed by atoms with van der Waals surface area (Å²) in [5.41, 5.74) is 2.29. The second-order valence-corrected chi connectivity index (χ2v) is 7.27. The second kappa shape index (κ2) is 9.55. The van der Waals surface area contributed by atoms with Crippen LogP contribution in [0.5, 0.6) is 5.75 Å². The molecule has 1 aromatic carbocycles. The molecule has 2 fully saturated rings. The summed E-state index contributed by atoms with van der Waals surface area (Å²) < 4.78 is 16.0. The van der Waals surface area contributed by atoms with E-state index in [-0.39, 0.29) is 0 Å². The number of benzene rings is 1. The number of rotatable bonds is 8. The first-order valence-corrected chi connectivity index (χ1v) is 10.3. The molecule has 2 aliphatic rings. The van der Waals surface area contributed by atoms with Crippen molar-refractivity contribution in [3.63, 3.8) is 0 Å². The molecule has 11 heteroatoms. The average Bonchev–Trinajstić information content (AvgIpc) is 3.43. The lowest BCUT2D eigenvalue weighted by Gasteiger charge is -2.18. The number of hydrogen-bond acceptors (Lipinski definition) is 8. The molecule has 2 amide bonds. The van der Waals surface area contributed by atoms with Gasteiger partial charge < -0.3 is 14.2 Å². The van der Waals surface area contributed by atoms with Crippen molar-refractivity contribution in [1.82, 2.24) is 9.99 Å². The number of carbonyl (C=O) groups is 2. The third-order valence-corrected chi connectivity index (χ3v) is 5.27. The lowest BCUT2D eigenvalue weighted by atomic mass is 10.1. The summed E-state index contributed by atoms with van der Waals surface area (Å²) in [6.07, 6.45) is 1.93. The minimum atomic E-state index is -0.466. The van der Waals surface area contributed by atoms with E-state index in [9.17, 15) is 9.59 Å². The van der Waals surface area contributed by atoms with Gasteiger partial charge in [-0.05, 0) is 29.8 Å². The highest BCUT2D eigenvalue weighted by molar-refractivity contribution is 5.92. The first-order chi connectivity index (χ1) is 16.0. The van der Waals surface area contributed by atoms with E-state index < -0.39 is 18.3 Å². The normalized spacial score (nSPS) is 17.9. The number of methoxy groups -OCH3 is 1. The summed E-state index contributed by atoms with van der Waals surface area (Å²) in [4.78, 5) is 31.6. The summed E-state index contributed by atoms with van der Waals surface area (Å²) >= 11 is 0. The molecule has 0 radical (unpaired) electrons. The average molecular weight is 452 g/mol. The number of aromatic nitrogens is 1. The van der Waals surface area contributed by atoms with Gasteiger partial charge >= 0.3 is 12.2 Å². The van der Waals surface area contributed by atoms with E-state index in [4.69, 9.17) is 14.2 Å². The Labute approximate surface area is 190 Å². The standard InChI is InChI=1S/C22H24N6O5/c1-4-26(25-23-2)13-17-14-28(22(30)33-17)18-7-5-15(11-19(18)31-3)16-6-8-20(24-12-16)27-9-10-32-21(27)29/h4-8,11-12,17H,1,9-10,13-14H2,2-3H3/t17-/m0/s1. The van der Waals surface area contributed by atoms with Crippen LogP contribution in [0.2, 0.25) is 0 Å². The molecule has 2 saturated heterocycles. The molecule has 0 bridgehead atoms. The van der Waals surface area contributed by atoms with E-state index in [2.05, 4.69) is 21.9 Å². The highest BCUT2D eigenvalue weighted by Gasteiger charge is 2.35. The first-order valence-electron chi connectivity index (χ1n) is 10.3. The molecular weight excluding hydrogens is 428 g/mol. The number of ether oxygens (including phenoxy) is 3. The zero-order valence-corrected chi connectivity index (χ0v) is 18.4. The second-order valence-electron chi connectivity index (χ2n) is 7.27. The van der Waals surface area contributed by atoms with Gasteiger partial charge in [-0.3, -0.25) is 14.8 Å². The van der Waals surface area contributed by atoms with Gasteiger partial charge in [0.15, 0.2) is 0 Å². The zero-order valence-electron chi connectivity index (χ0n) is 18.4. The Bertz CT molecular complexity index is 1070. The van der Waals surface area contributed by atoms with E-state index in [1.165, 1.54) is 21.0 Å². The lowest BCUT2D eigenvalue weighted by Crippen LogP contribution is -2.29. The Kier molecular flexibility index (Phi) is 6.38. The molecule has 2 aliphatic heterocycles. The number of nitrogens with zero attached hydrogens (tertiary/aromatic N) is 6. The Balaban J connectivity index is 1.52. The maximum absolute atomic E-state index is 12.5. The van der Waals surface area contributed by atoms with Gasteiger partial charge in [0.1, 0.15) is 24.3 Å². The van der Waals surface area contributed by atoms with E-state index in [1.54, 1.807) is 32.5 Å². The molecular formula is C22H24N6O5. The number of anilines is 2. The van der Waals surface area contributed by atoms with E-state index >= 15 is 0 Å². The molecule has 0 unspecified atom stereocenters. The van der Waals surface area contributed by atoms with Crippen molar-refractivity contribution in [3.05, 3.63) is 49.3 Å². The molecule has 11 nitrogen and oxygen atoms in total. The topological polar surface area (TPSA) is 109 Å². The van der Waals surface area contributed by atoms with Gasteiger partial charge in [-0.1, -0.05) is 17.9 Å². The molecule has 172 valence electrons. The molecule has 0 aliphatic carbocycles. The van der Waals surface area contributed by atoms with Crippen molar-refractivity contribution < 1.29 is 23.8 Å². The van der Waals surface area contributed by atoms with E-state index in [0.717, 1.165) is 11.1 Å². The van der Waals surface area contributed by atoms with Crippen molar-refractivity contribution in [3.8, 4) is 16.9 Å². The van der Waals surface area contributed by atoms with Gasteiger partial charge in [0.25, 0.3) is 0 Å². The Hall–Kier alpha value is -4.15. The van der Waals surface area contributed by atoms with Crippen molar-refractivity contribution in [2.75, 3.05) is 50.2 Å². The van der Waals surface area contributed by atoms with Crippen molar-refractivity contribution in [2.24, 2.45) is 10.3 Å². The Morgan fingerprint density at radius 1 is 1.24 bits per heavy atom. The van der Waals surface area contributed by atoms with Crippen molar-refractivity contribution >= 4 is 23.7 Å². The monoisotopic (exact) mass is 452 g/mol. The summed E-state index contributed by atoms with van der Waals surface area (Å²) in [5.74, 6) is 1.05. The van der Waals surface area contributed by atoms with Crippen LogP contribution in [0, 0.1) is 0 Å². The van der Waals surface area contributed by atoms with Crippen LogP contribution in [0.4, 0.5) is 21.1 Å². The van der Waals surface area contributed by atoms with Gasteiger partial charge in [0.2, 0.25) is 0 Å². The van der Waals surface area contributed by atoms with E-state index in [1.807, 2.05) is 18.2 Å². The number of pyridine rings is 1. The van der Waals surface area contributed by atoms with E-state index in [0.29, 0.717) is 43.5 Å². The molecule has 2 aromatic rings. The van der Waals surface area contributed by atoms with Crippen LogP contribution < -0.4 is 14.5 Å². The summed E-state index contributed by atoms with van der Waals surface area (Å²) in [7, 11) is 3.10. The molecule has 0 saturated carbocycles. The molecule has 1 atom stereocenters. The lowest BCUT2D eigenvalue weighted by molar-refractivity contribution is 0.121. The van der Waals surface area contributed by atoms with Gasteiger partial charge in [0, 0.05) is 18.0 Å². The van der Waals surface area contributed by atoms with Crippen molar-refractivity contribution in [1.29, 1.82) is 0 Å². The summed E-state index contributed by atoms with van der Waals surface area (Å²) in [5, 5.41) is 9.15. The zero-order chi connectivity index (χ0) is 23.4. The minimum Gasteiger partial charge on any atom is -0.495 e. The molecule has 1 aromatic heterocycles. The largest absolute Gasteiger partial charge is 0.495 e. The Morgan fingerprint density at radius 2 is 2.06 bits per heavy atom. The van der Waals surface area contributed by atoms with Gasteiger partial charge in [-0.15, -0.1) is 0 Å². The van der Waals surface area contributed by atoms with Crippen LogP contribution in [0.3, 0.4) is 0 Å². The van der Waals surface area contributed by atoms with Gasteiger partial charge in [-0.25, -0.2) is 14.6 Å². The van der Waals surface area contributed by atoms with Crippen LogP contribution in [-0.2, 0) is 9.47 Å². The quantitative estimate of drug-likeness (QED) is 0.445. The summed E-state index contributed by atoms with van der Waals surface area (Å²) in [6, 6.07) is 9.15. The number of carbonyl (C=O) groups excluding carboxylic acids is 2. The van der Waals surface area contributed by atoms with Crippen LogP contribution >= 0.6 is 0 Å². The van der Waals surface area contributed by atoms with Gasteiger partial charge in [-0.2, -0.15) is 5.11 Å².